The molecule has 1 atom stereocenters. The molecule has 2 aliphatic rings. The number of dihydropyridines is 1. The second kappa shape index (κ2) is 9.55. The lowest BCUT2D eigenvalue weighted by molar-refractivity contribution is -0.118. The molecule has 1 unspecified atom stereocenters. The third-order valence-corrected chi connectivity index (χ3v) is 6.23. The third kappa shape index (κ3) is 4.71. The van der Waals surface area contributed by atoms with E-state index in [-0.39, 0.29) is 5.91 Å². The van der Waals surface area contributed by atoms with Gasteiger partial charge in [0.1, 0.15) is 11.2 Å². The van der Waals surface area contributed by atoms with Crippen molar-refractivity contribution in [1.29, 1.82) is 0 Å². The number of carbonyl (C=O) groups is 1. The van der Waals surface area contributed by atoms with Crippen molar-refractivity contribution >= 4 is 34.1 Å². The summed E-state index contributed by atoms with van der Waals surface area (Å²) in [6, 6.07) is 10.1. The predicted octanol–water partition coefficient (Wildman–Crippen LogP) is 2.65. The standard InChI is InChI=1S/C26H28N8O/c1-3-22(35)32-26(11-4-5-12-29-26)24-23-19(10-13-27-24)18-28-25(31-23)30-20-6-8-21(9-7-20)34-16-14-33(2)15-17-34/h3-13,18,29H,1,14-17H2,2H3,(H,32,35)(H,28,30,31). The van der Waals surface area contributed by atoms with E-state index in [4.69, 9.17) is 4.98 Å². The molecule has 2 aromatic heterocycles. The number of benzene rings is 1. The lowest BCUT2D eigenvalue weighted by Gasteiger charge is -2.34. The maximum atomic E-state index is 12.3. The average molecular weight is 469 g/mol. The number of nitrogens with zero attached hydrogens (tertiary/aromatic N) is 5. The Labute approximate surface area is 204 Å². The van der Waals surface area contributed by atoms with Gasteiger partial charge in [-0.2, -0.15) is 0 Å². The monoisotopic (exact) mass is 468 g/mol. The maximum absolute atomic E-state index is 12.3. The molecule has 1 amide bonds. The van der Waals surface area contributed by atoms with Gasteiger partial charge in [-0.25, -0.2) is 9.97 Å². The molecule has 1 fully saturated rings. The molecule has 9 nitrogen and oxygen atoms in total. The van der Waals surface area contributed by atoms with Crippen LogP contribution < -0.4 is 20.9 Å². The summed E-state index contributed by atoms with van der Waals surface area (Å²) in [6.07, 6.45) is 11.9. The molecular weight excluding hydrogens is 440 g/mol. The summed E-state index contributed by atoms with van der Waals surface area (Å²) in [5.41, 5.74) is 2.21. The van der Waals surface area contributed by atoms with Crippen molar-refractivity contribution in [3.05, 3.63) is 85.5 Å². The average Bonchev–Trinajstić information content (AvgIpc) is 2.90. The van der Waals surface area contributed by atoms with E-state index in [1.165, 1.54) is 11.8 Å². The predicted molar refractivity (Wildman–Crippen MR) is 138 cm³/mol. The highest BCUT2D eigenvalue weighted by Gasteiger charge is 2.34. The van der Waals surface area contributed by atoms with E-state index < -0.39 is 5.66 Å². The number of amides is 1. The van der Waals surface area contributed by atoms with Crippen molar-refractivity contribution in [2.45, 2.75) is 5.66 Å². The summed E-state index contributed by atoms with van der Waals surface area (Å²) in [4.78, 5) is 30.8. The molecule has 1 aromatic carbocycles. The number of hydrogen-bond donors (Lipinski definition) is 3. The first-order valence-corrected chi connectivity index (χ1v) is 11.6. The SMILES string of the molecule is C=CC(=O)NC1(c2nccc3cnc(Nc4ccc(N5CCN(C)CC5)cc4)nc23)C=CC=CN1. The molecule has 5 rings (SSSR count). The molecule has 0 radical (unpaired) electrons. The number of piperazine rings is 1. The number of pyridine rings is 1. The quantitative estimate of drug-likeness (QED) is 0.475. The zero-order valence-corrected chi connectivity index (χ0v) is 19.6. The van der Waals surface area contributed by atoms with Crippen molar-refractivity contribution in [3.8, 4) is 0 Å². The smallest absolute Gasteiger partial charge is 0.245 e. The lowest BCUT2D eigenvalue weighted by atomic mass is 10.00. The summed E-state index contributed by atoms with van der Waals surface area (Å²) in [5.74, 6) is 0.115. The van der Waals surface area contributed by atoms with Gasteiger partial charge < -0.3 is 25.8 Å². The van der Waals surface area contributed by atoms with Crippen LogP contribution in [0.15, 0.2) is 79.8 Å². The Kier molecular flexibility index (Phi) is 6.15. The minimum Gasteiger partial charge on any atom is -0.369 e. The molecule has 0 saturated carbocycles. The van der Waals surface area contributed by atoms with Gasteiger partial charge in [0, 0.05) is 55.3 Å². The highest BCUT2D eigenvalue weighted by molar-refractivity contribution is 5.89. The molecule has 3 aromatic rings. The number of anilines is 3. The first-order chi connectivity index (χ1) is 17.1. The summed E-state index contributed by atoms with van der Waals surface area (Å²) in [6.45, 7) is 7.75. The fourth-order valence-corrected chi connectivity index (χ4v) is 4.27. The number of allylic oxidation sites excluding steroid dienone is 2. The highest BCUT2D eigenvalue weighted by atomic mass is 16.1. The third-order valence-electron chi connectivity index (χ3n) is 6.23. The summed E-state index contributed by atoms with van der Waals surface area (Å²) >= 11 is 0. The van der Waals surface area contributed by atoms with Crippen LogP contribution in [0.5, 0.6) is 0 Å². The Morgan fingerprint density at radius 1 is 1.11 bits per heavy atom. The van der Waals surface area contributed by atoms with Gasteiger partial charge in [-0.1, -0.05) is 12.7 Å². The van der Waals surface area contributed by atoms with Crippen molar-refractivity contribution in [3.63, 3.8) is 0 Å². The van der Waals surface area contributed by atoms with E-state index in [1.807, 2.05) is 36.4 Å². The van der Waals surface area contributed by atoms with Crippen LogP contribution >= 0.6 is 0 Å². The number of rotatable bonds is 6. The Bertz CT molecular complexity index is 1290. The van der Waals surface area contributed by atoms with Gasteiger partial charge in [0.05, 0.1) is 0 Å². The van der Waals surface area contributed by atoms with Crippen molar-refractivity contribution in [2.24, 2.45) is 0 Å². The van der Waals surface area contributed by atoms with Crippen molar-refractivity contribution in [1.82, 2.24) is 30.5 Å². The van der Waals surface area contributed by atoms with Crippen LogP contribution in [0, 0.1) is 0 Å². The Morgan fingerprint density at radius 3 is 2.63 bits per heavy atom. The molecule has 1 saturated heterocycles. The van der Waals surface area contributed by atoms with E-state index in [9.17, 15) is 4.79 Å². The van der Waals surface area contributed by atoms with Crippen LogP contribution in [0.2, 0.25) is 0 Å². The molecule has 0 spiro atoms. The number of nitrogens with one attached hydrogen (secondary N) is 3. The minimum absolute atomic E-state index is 0.330. The first kappa shape index (κ1) is 22.5. The molecule has 2 aliphatic heterocycles. The van der Waals surface area contributed by atoms with Gasteiger partial charge in [0.25, 0.3) is 0 Å². The number of aromatic nitrogens is 3. The van der Waals surface area contributed by atoms with Gasteiger partial charge in [-0.15, -0.1) is 0 Å². The molecule has 0 aliphatic carbocycles. The summed E-state index contributed by atoms with van der Waals surface area (Å²) < 4.78 is 0. The number of fused-ring (bicyclic) bond motifs is 1. The Hall–Kier alpha value is -4.24. The van der Waals surface area contributed by atoms with Gasteiger partial charge in [0.15, 0.2) is 5.66 Å². The van der Waals surface area contributed by atoms with Gasteiger partial charge in [0.2, 0.25) is 11.9 Å². The van der Waals surface area contributed by atoms with E-state index in [0.29, 0.717) is 17.2 Å². The second-order valence-electron chi connectivity index (χ2n) is 8.62. The van der Waals surface area contributed by atoms with Crippen LogP contribution in [0.3, 0.4) is 0 Å². The molecule has 178 valence electrons. The van der Waals surface area contributed by atoms with Crippen LogP contribution in [-0.2, 0) is 10.5 Å². The summed E-state index contributed by atoms with van der Waals surface area (Å²) in [5, 5.41) is 10.3. The van der Waals surface area contributed by atoms with E-state index >= 15 is 0 Å². The lowest BCUT2D eigenvalue weighted by Crippen LogP contribution is -2.54. The topological polar surface area (TPSA) is 98.3 Å². The molecule has 35 heavy (non-hydrogen) atoms. The van der Waals surface area contributed by atoms with Crippen LogP contribution in [0.1, 0.15) is 5.69 Å². The van der Waals surface area contributed by atoms with Crippen LogP contribution in [-0.4, -0.2) is 59.0 Å². The molecule has 4 heterocycles. The molecule has 0 bridgehead atoms. The fraction of sp³-hybridized carbons (Fsp3) is 0.231. The molecule has 9 heteroatoms. The Balaban J connectivity index is 1.43. The number of hydrogen-bond acceptors (Lipinski definition) is 8. The van der Waals surface area contributed by atoms with E-state index in [0.717, 1.165) is 37.3 Å². The molecule has 3 N–H and O–H groups in total. The number of carbonyl (C=O) groups excluding carboxylic acids is 1. The van der Waals surface area contributed by atoms with E-state index in [1.54, 1.807) is 18.6 Å². The normalized spacial score (nSPS) is 19.9. The van der Waals surface area contributed by atoms with Crippen molar-refractivity contribution in [2.75, 3.05) is 43.4 Å². The number of likely N-dealkylation sites (N-methyl/N-ethyl adjacent to an activating group) is 1. The Morgan fingerprint density at radius 2 is 1.91 bits per heavy atom. The van der Waals surface area contributed by atoms with Gasteiger partial charge in [-0.3, -0.25) is 9.78 Å². The highest BCUT2D eigenvalue weighted by Crippen LogP contribution is 2.28. The zero-order chi connectivity index (χ0) is 24.3. The van der Waals surface area contributed by atoms with Crippen LogP contribution in [0.4, 0.5) is 17.3 Å². The second-order valence-corrected chi connectivity index (χ2v) is 8.62. The van der Waals surface area contributed by atoms with Crippen molar-refractivity contribution < 1.29 is 4.79 Å². The molecular formula is C26H28N8O. The van der Waals surface area contributed by atoms with Gasteiger partial charge in [-0.05, 0) is 61.8 Å². The van der Waals surface area contributed by atoms with Crippen LogP contribution in [0.25, 0.3) is 10.9 Å². The van der Waals surface area contributed by atoms with E-state index in [2.05, 4.69) is 61.5 Å². The minimum atomic E-state index is -1.06. The summed E-state index contributed by atoms with van der Waals surface area (Å²) in [7, 11) is 2.15. The first-order valence-electron chi connectivity index (χ1n) is 11.6. The maximum Gasteiger partial charge on any atom is 0.245 e. The zero-order valence-electron chi connectivity index (χ0n) is 19.6. The largest absolute Gasteiger partial charge is 0.369 e. The van der Waals surface area contributed by atoms with Gasteiger partial charge >= 0.3 is 0 Å². The fourth-order valence-electron chi connectivity index (χ4n) is 4.27.